The number of ether oxygens (including phenoxy) is 2. The molecule has 164 valence electrons. The molecule has 1 saturated heterocycles. The molecule has 0 unspecified atom stereocenters. The Kier molecular flexibility index (Phi) is 9.93. The highest BCUT2D eigenvalue weighted by Crippen LogP contribution is 2.26. The van der Waals surface area contributed by atoms with Crippen LogP contribution < -0.4 is 20.1 Å². The predicted molar refractivity (Wildman–Crippen MR) is 111 cm³/mol. The molecule has 0 amide bonds. The number of halogens is 2. The van der Waals surface area contributed by atoms with Crippen LogP contribution in [0.2, 0.25) is 0 Å². The smallest absolute Gasteiger partial charge is 0.387 e. The van der Waals surface area contributed by atoms with Gasteiger partial charge in [-0.15, -0.1) is 0 Å². The van der Waals surface area contributed by atoms with Crippen molar-refractivity contribution < 1.29 is 18.3 Å². The van der Waals surface area contributed by atoms with E-state index in [1.807, 2.05) is 6.92 Å². The van der Waals surface area contributed by atoms with Crippen LogP contribution in [0.4, 0.5) is 8.78 Å². The Bertz CT molecular complexity index is 637. The second-order valence-corrected chi connectivity index (χ2v) is 6.75. The number of hydrogen-bond donors (Lipinski definition) is 2. The van der Waals surface area contributed by atoms with Crippen LogP contribution >= 0.6 is 0 Å². The van der Waals surface area contributed by atoms with Gasteiger partial charge in [-0.1, -0.05) is 6.92 Å². The summed E-state index contributed by atoms with van der Waals surface area (Å²) in [6.45, 7) is 9.34. The Morgan fingerprint density at radius 1 is 1.14 bits per heavy atom. The molecule has 1 heterocycles. The summed E-state index contributed by atoms with van der Waals surface area (Å²) in [7, 11) is 1.53. The molecule has 1 aromatic carbocycles. The molecule has 0 atom stereocenters. The molecule has 2 rings (SSSR count). The van der Waals surface area contributed by atoms with Crippen molar-refractivity contribution in [1.29, 1.82) is 0 Å². The Morgan fingerprint density at radius 3 is 2.48 bits per heavy atom. The zero-order valence-corrected chi connectivity index (χ0v) is 17.6. The molecule has 1 aromatic rings. The van der Waals surface area contributed by atoms with Gasteiger partial charge >= 0.3 is 6.61 Å². The van der Waals surface area contributed by atoms with Crippen LogP contribution in [-0.2, 0) is 6.54 Å². The van der Waals surface area contributed by atoms with Crippen molar-refractivity contribution in [3.63, 3.8) is 0 Å². The number of alkyl halides is 2. The van der Waals surface area contributed by atoms with Gasteiger partial charge in [0.2, 0.25) is 0 Å². The number of aliphatic imine (C=N–C) groups is 1. The quantitative estimate of drug-likeness (QED) is 0.452. The van der Waals surface area contributed by atoms with Crippen molar-refractivity contribution in [2.45, 2.75) is 27.0 Å². The first-order valence-corrected chi connectivity index (χ1v) is 10.1. The Hall–Kier alpha value is -2.13. The molecular formula is C20H33F2N5O2. The fraction of sp³-hybridized carbons (Fsp3) is 0.650. The Labute approximate surface area is 172 Å². The van der Waals surface area contributed by atoms with Crippen molar-refractivity contribution in [1.82, 2.24) is 20.4 Å². The molecule has 0 spiro atoms. The van der Waals surface area contributed by atoms with Gasteiger partial charge in [0.25, 0.3) is 0 Å². The van der Waals surface area contributed by atoms with E-state index < -0.39 is 6.61 Å². The molecule has 0 radical (unpaired) electrons. The highest BCUT2D eigenvalue weighted by atomic mass is 19.3. The lowest BCUT2D eigenvalue weighted by molar-refractivity contribution is -0.0504. The van der Waals surface area contributed by atoms with Crippen molar-refractivity contribution in [2.75, 3.05) is 59.5 Å². The number of nitrogens with one attached hydrogen (secondary N) is 2. The zero-order chi connectivity index (χ0) is 21.1. The van der Waals surface area contributed by atoms with Gasteiger partial charge in [0.05, 0.1) is 13.7 Å². The lowest BCUT2D eigenvalue weighted by atomic mass is 10.2. The predicted octanol–water partition coefficient (Wildman–Crippen LogP) is 1.99. The summed E-state index contributed by atoms with van der Waals surface area (Å²) in [5, 5.41) is 6.50. The summed E-state index contributed by atoms with van der Waals surface area (Å²) in [5.41, 5.74) is 0.539. The van der Waals surface area contributed by atoms with Crippen LogP contribution in [0.3, 0.4) is 0 Å². The van der Waals surface area contributed by atoms with Gasteiger partial charge in [0, 0.05) is 51.4 Å². The van der Waals surface area contributed by atoms with E-state index >= 15 is 0 Å². The van der Waals surface area contributed by atoms with E-state index in [2.05, 4.69) is 37.1 Å². The standard InChI is InChI=1S/C20H33F2N5O2/c1-4-23-20(24-8-9-27-12-10-26(5-2)11-13-27)25-15-16-14-17(28-3)6-7-18(16)29-19(21)22/h6-7,14,19H,4-5,8-13,15H2,1-3H3,(H2,23,24,25). The number of benzene rings is 1. The Balaban J connectivity index is 1.92. The largest absolute Gasteiger partial charge is 0.497 e. The van der Waals surface area contributed by atoms with Gasteiger partial charge in [-0.05, 0) is 31.7 Å². The fourth-order valence-electron chi connectivity index (χ4n) is 3.18. The molecular weight excluding hydrogens is 380 g/mol. The summed E-state index contributed by atoms with van der Waals surface area (Å²) < 4.78 is 35.1. The number of methoxy groups -OCH3 is 1. The minimum absolute atomic E-state index is 0.106. The van der Waals surface area contributed by atoms with Gasteiger partial charge < -0.3 is 25.0 Å². The molecule has 29 heavy (non-hydrogen) atoms. The lowest BCUT2D eigenvalue weighted by Crippen LogP contribution is -2.49. The van der Waals surface area contributed by atoms with Gasteiger partial charge in [-0.2, -0.15) is 8.78 Å². The number of guanidine groups is 1. The van der Waals surface area contributed by atoms with Crippen LogP contribution in [0, 0.1) is 0 Å². The first-order valence-electron chi connectivity index (χ1n) is 10.1. The minimum atomic E-state index is -2.88. The van der Waals surface area contributed by atoms with Crippen molar-refractivity contribution in [3.05, 3.63) is 23.8 Å². The molecule has 9 heteroatoms. The maximum atomic E-state index is 12.7. The van der Waals surface area contributed by atoms with E-state index in [0.717, 1.165) is 45.8 Å². The topological polar surface area (TPSA) is 61.4 Å². The first-order chi connectivity index (χ1) is 14.0. The monoisotopic (exact) mass is 413 g/mol. The Morgan fingerprint density at radius 2 is 1.86 bits per heavy atom. The molecule has 0 saturated carbocycles. The SMILES string of the molecule is CCNC(=NCc1cc(OC)ccc1OC(F)F)NCCN1CCN(CC)CC1. The first kappa shape index (κ1) is 23.2. The summed E-state index contributed by atoms with van der Waals surface area (Å²) >= 11 is 0. The lowest BCUT2D eigenvalue weighted by Gasteiger charge is -2.34. The van der Waals surface area contributed by atoms with E-state index in [-0.39, 0.29) is 12.3 Å². The normalized spacial score (nSPS) is 16.1. The van der Waals surface area contributed by atoms with E-state index in [4.69, 9.17) is 4.74 Å². The van der Waals surface area contributed by atoms with Crippen LogP contribution in [0.1, 0.15) is 19.4 Å². The van der Waals surface area contributed by atoms with Crippen LogP contribution in [0.15, 0.2) is 23.2 Å². The molecule has 0 bridgehead atoms. The number of rotatable bonds is 10. The number of nitrogens with zero attached hydrogens (tertiary/aromatic N) is 3. The summed E-state index contributed by atoms with van der Waals surface area (Å²) in [6, 6.07) is 4.73. The fourth-order valence-corrected chi connectivity index (χ4v) is 3.18. The average molecular weight is 414 g/mol. The second kappa shape index (κ2) is 12.4. The van der Waals surface area contributed by atoms with E-state index in [1.54, 1.807) is 12.1 Å². The average Bonchev–Trinajstić information content (AvgIpc) is 2.73. The molecule has 0 aromatic heterocycles. The van der Waals surface area contributed by atoms with Crippen LogP contribution in [0.25, 0.3) is 0 Å². The summed E-state index contributed by atoms with van der Waals surface area (Å²) in [5.74, 6) is 1.32. The highest BCUT2D eigenvalue weighted by Gasteiger charge is 2.15. The van der Waals surface area contributed by atoms with E-state index in [0.29, 0.717) is 23.8 Å². The number of hydrogen-bond acceptors (Lipinski definition) is 5. The third kappa shape index (κ3) is 8.02. The zero-order valence-electron chi connectivity index (χ0n) is 17.6. The van der Waals surface area contributed by atoms with Gasteiger partial charge in [0.15, 0.2) is 5.96 Å². The number of piperazine rings is 1. The molecule has 1 fully saturated rings. The molecule has 0 aliphatic carbocycles. The minimum Gasteiger partial charge on any atom is -0.497 e. The maximum Gasteiger partial charge on any atom is 0.387 e. The summed E-state index contributed by atoms with van der Waals surface area (Å²) in [6.07, 6.45) is 0. The maximum absolute atomic E-state index is 12.7. The van der Waals surface area contributed by atoms with E-state index in [1.165, 1.54) is 13.2 Å². The highest BCUT2D eigenvalue weighted by molar-refractivity contribution is 5.79. The van der Waals surface area contributed by atoms with Gasteiger partial charge in [0.1, 0.15) is 11.5 Å². The third-order valence-corrected chi connectivity index (χ3v) is 4.87. The van der Waals surface area contributed by atoms with Crippen molar-refractivity contribution >= 4 is 5.96 Å². The third-order valence-electron chi connectivity index (χ3n) is 4.87. The van der Waals surface area contributed by atoms with Crippen molar-refractivity contribution in [2.24, 2.45) is 4.99 Å². The molecule has 7 nitrogen and oxygen atoms in total. The van der Waals surface area contributed by atoms with Gasteiger partial charge in [-0.3, -0.25) is 4.90 Å². The second-order valence-electron chi connectivity index (χ2n) is 6.75. The van der Waals surface area contributed by atoms with Crippen LogP contribution in [0.5, 0.6) is 11.5 Å². The van der Waals surface area contributed by atoms with Gasteiger partial charge in [-0.25, -0.2) is 4.99 Å². The summed E-state index contributed by atoms with van der Waals surface area (Å²) in [4.78, 5) is 9.40. The molecule has 2 N–H and O–H groups in total. The van der Waals surface area contributed by atoms with Crippen LogP contribution in [-0.4, -0.2) is 81.8 Å². The van der Waals surface area contributed by atoms with E-state index in [9.17, 15) is 8.78 Å². The molecule has 1 aliphatic rings. The number of likely N-dealkylation sites (N-methyl/N-ethyl adjacent to an activating group) is 1. The van der Waals surface area contributed by atoms with Crippen molar-refractivity contribution in [3.8, 4) is 11.5 Å². The molecule has 1 aliphatic heterocycles.